The number of benzene rings is 1. The lowest BCUT2D eigenvalue weighted by atomic mass is 9.88. The van der Waals surface area contributed by atoms with Crippen LogP contribution in [0, 0.1) is 5.92 Å². The number of ether oxygens (including phenoxy) is 1. The molecule has 0 saturated carbocycles. The van der Waals surface area contributed by atoms with E-state index >= 15 is 0 Å². The van der Waals surface area contributed by atoms with Crippen molar-refractivity contribution in [3.63, 3.8) is 0 Å². The molecule has 8 nitrogen and oxygen atoms in total. The maximum atomic E-state index is 12.5. The summed E-state index contributed by atoms with van der Waals surface area (Å²) in [5, 5.41) is 16.0. The van der Waals surface area contributed by atoms with Crippen LogP contribution >= 0.6 is 11.3 Å². The number of hydrazone groups is 1. The molecule has 1 aliphatic carbocycles. The van der Waals surface area contributed by atoms with Crippen LogP contribution in [0.1, 0.15) is 46.6 Å². The molecule has 0 aliphatic heterocycles. The molecule has 0 fully saturated rings. The van der Waals surface area contributed by atoms with Gasteiger partial charge in [-0.25, -0.2) is 10.2 Å². The number of aromatic hydroxyl groups is 1. The van der Waals surface area contributed by atoms with E-state index in [1.165, 1.54) is 29.7 Å². The third kappa shape index (κ3) is 5.04. The fourth-order valence-electron chi connectivity index (χ4n) is 3.24. The van der Waals surface area contributed by atoms with Gasteiger partial charge in [-0.3, -0.25) is 9.59 Å². The minimum absolute atomic E-state index is 0.0606. The van der Waals surface area contributed by atoms with Crippen LogP contribution in [0.3, 0.4) is 0 Å². The molecule has 1 heterocycles. The SMILES string of the molecule is CCOC(=O)c1c(NC(=O)C(=O)N/N=C\c2cccc(O)c2)sc2c1CC[C@@H](C)C2. The largest absolute Gasteiger partial charge is 0.508 e. The van der Waals surface area contributed by atoms with Crippen molar-refractivity contribution in [1.82, 2.24) is 5.43 Å². The Balaban J connectivity index is 1.72. The van der Waals surface area contributed by atoms with Crippen molar-refractivity contribution in [3.8, 4) is 5.75 Å². The van der Waals surface area contributed by atoms with Gasteiger partial charge in [0.2, 0.25) is 0 Å². The van der Waals surface area contributed by atoms with Crippen molar-refractivity contribution < 1.29 is 24.2 Å². The van der Waals surface area contributed by atoms with Gasteiger partial charge < -0.3 is 15.2 Å². The number of rotatable bonds is 5. The Morgan fingerprint density at radius 1 is 1.33 bits per heavy atom. The zero-order chi connectivity index (χ0) is 21.7. The van der Waals surface area contributed by atoms with Gasteiger partial charge in [0.15, 0.2) is 0 Å². The number of carbonyl (C=O) groups is 3. The highest BCUT2D eigenvalue weighted by molar-refractivity contribution is 7.17. The van der Waals surface area contributed by atoms with Crippen molar-refractivity contribution in [2.45, 2.75) is 33.1 Å². The van der Waals surface area contributed by atoms with Gasteiger partial charge in [0.25, 0.3) is 0 Å². The van der Waals surface area contributed by atoms with Gasteiger partial charge in [0.05, 0.1) is 18.4 Å². The number of carbonyl (C=O) groups excluding carboxylic acids is 3. The van der Waals surface area contributed by atoms with E-state index in [9.17, 15) is 19.5 Å². The maximum absolute atomic E-state index is 12.5. The molecule has 0 spiro atoms. The number of amides is 2. The molecule has 3 rings (SSSR count). The first-order valence-corrected chi connectivity index (χ1v) is 10.5. The fraction of sp³-hybridized carbons (Fsp3) is 0.333. The summed E-state index contributed by atoms with van der Waals surface area (Å²) in [6.45, 7) is 4.08. The van der Waals surface area contributed by atoms with E-state index in [0.29, 0.717) is 22.0 Å². The number of hydrogen-bond donors (Lipinski definition) is 3. The second-order valence-corrected chi connectivity index (χ2v) is 8.13. The van der Waals surface area contributed by atoms with Crippen LogP contribution in [-0.4, -0.2) is 35.7 Å². The van der Waals surface area contributed by atoms with E-state index in [4.69, 9.17) is 4.74 Å². The third-order valence-corrected chi connectivity index (χ3v) is 5.84. The summed E-state index contributed by atoms with van der Waals surface area (Å²) in [5.74, 6) is -1.85. The molecule has 1 aromatic carbocycles. The first-order valence-electron chi connectivity index (χ1n) is 9.64. The Morgan fingerprint density at radius 2 is 2.13 bits per heavy atom. The molecule has 1 atom stereocenters. The molecule has 0 saturated heterocycles. The van der Waals surface area contributed by atoms with Crippen LogP contribution in [0.2, 0.25) is 0 Å². The van der Waals surface area contributed by atoms with Crippen molar-refractivity contribution in [2.24, 2.45) is 11.0 Å². The van der Waals surface area contributed by atoms with Gasteiger partial charge in [0.1, 0.15) is 10.8 Å². The number of anilines is 1. The average molecular weight is 429 g/mol. The van der Waals surface area contributed by atoms with E-state index in [-0.39, 0.29) is 12.4 Å². The molecule has 1 aliphatic rings. The van der Waals surface area contributed by atoms with Gasteiger partial charge >= 0.3 is 17.8 Å². The average Bonchev–Trinajstić information content (AvgIpc) is 3.04. The maximum Gasteiger partial charge on any atom is 0.341 e. The van der Waals surface area contributed by atoms with E-state index in [1.54, 1.807) is 19.1 Å². The van der Waals surface area contributed by atoms with Crippen LogP contribution in [0.5, 0.6) is 5.75 Å². The number of phenols is 1. The van der Waals surface area contributed by atoms with Crippen molar-refractivity contribution in [3.05, 3.63) is 45.8 Å². The molecule has 9 heteroatoms. The smallest absolute Gasteiger partial charge is 0.341 e. The summed E-state index contributed by atoms with van der Waals surface area (Å²) in [6.07, 6.45) is 3.81. The topological polar surface area (TPSA) is 117 Å². The predicted molar refractivity (Wildman–Crippen MR) is 114 cm³/mol. The van der Waals surface area contributed by atoms with Crippen LogP contribution < -0.4 is 10.7 Å². The Bertz CT molecular complexity index is 999. The molecule has 2 aromatic rings. The van der Waals surface area contributed by atoms with E-state index in [2.05, 4.69) is 22.8 Å². The lowest BCUT2D eigenvalue weighted by molar-refractivity contribution is -0.136. The van der Waals surface area contributed by atoms with Crippen LogP contribution in [0.25, 0.3) is 0 Å². The molecular weight excluding hydrogens is 406 g/mol. The van der Waals surface area contributed by atoms with Crippen LogP contribution in [0.15, 0.2) is 29.4 Å². The summed E-state index contributed by atoms with van der Waals surface area (Å²) in [5.41, 5.74) is 3.93. The van der Waals surface area contributed by atoms with Gasteiger partial charge in [-0.1, -0.05) is 19.1 Å². The van der Waals surface area contributed by atoms with E-state index in [1.807, 2.05) is 0 Å². The van der Waals surface area contributed by atoms with E-state index < -0.39 is 17.8 Å². The number of fused-ring (bicyclic) bond motifs is 1. The number of thiophene rings is 1. The summed E-state index contributed by atoms with van der Waals surface area (Å²) in [4.78, 5) is 38.0. The Labute approximate surface area is 177 Å². The Kier molecular flexibility index (Phi) is 6.83. The Hall–Kier alpha value is -3.20. The van der Waals surface area contributed by atoms with Crippen molar-refractivity contribution >= 4 is 40.3 Å². The summed E-state index contributed by atoms with van der Waals surface area (Å²) in [7, 11) is 0. The van der Waals surface area contributed by atoms with Gasteiger partial charge in [0, 0.05) is 4.88 Å². The van der Waals surface area contributed by atoms with Crippen molar-refractivity contribution in [1.29, 1.82) is 0 Å². The number of nitrogens with one attached hydrogen (secondary N) is 2. The monoisotopic (exact) mass is 429 g/mol. The summed E-state index contributed by atoms with van der Waals surface area (Å²) >= 11 is 1.31. The Morgan fingerprint density at radius 3 is 2.87 bits per heavy atom. The molecular formula is C21H23N3O5S. The van der Waals surface area contributed by atoms with E-state index in [0.717, 1.165) is 29.7 Å². The number of hydrogen-bond acceptors (Lipinski definition) is 7. The fourth-order valence-corrected chi connectivity index (χ4v) is 4.63. The second-order valence-electron chi connectivity index (χ2n) is 7.02. The quantitative estimate of drug-likeness (QED) is 0.292. The van der Waals surface area contributed by atoms with Gasteiger partial charge in [-0.05, 0) is 55.4 Å². The number of nitrogens with zero attached hydrogens (tertiary/aromatic N) is 1. The molecule has 30 heavy (non-hydrogen) atoms. The van der Waals surface area contributed by atoms with Gasteiger partial charge in [-0.15, -0.1) is 11.3 Å². The van der Waals surface area contributed by atoms with Crippen LogP contribution in [-0.2, 0) is 27.2 Å². The number of esters is 1. The zero-order valence-electron chi connectivity index (χ0n) is 16.7. The molecule has 0 bridgehead atoms. The second kappa shape index (κ2) is 9.53. The zero-order valence-corrected chi connectivity index (χ0v) is 17.5. The summed E-state index contributed by atoms with van der Waals surface area (Å²) in [6, 6.07) is 6.27. The number of phenolic OH excluding ortho intramolecular Hbond substituents is 1. The first-order chi connectivity index (χ1) is 14.4. The first kappa shape index (κ1) is 21.5. The minimum atomic E-state index is -0.971. The molecule has 0 radical (unpaired) electrons. The molecule has 0 unspecified atom stereocenters. The predicted octanol–water partition coefficient (Wildman–Crippen LogP) is 2.84. The van der Waals surface area contributed by atoms with Gasteiger partial charge in [-0.2, -0.15) is 5.10 Å². The highest BCUT2D eigenvalue weighted by Gasteiger charge is 2.30. The summed E-state index contributed by atoms with van der Waals surface area (Å²) < 4.78 is 5.16. The lowest BCUT2D eigenvalue weighted by Crippen LogP contribution is -2.32. The standard InChI is InChI=1S/C21H23N3O5S/c1-3-29-21(28)17-15-8-7-12(2)9-16(15)30-20(17)23-18(26)19(27)24-22-11-13-5-4-6-14(25)10-13/h4-6,10-12,25H,3,7-9H2,1-2H3,(H,23,26)(H,24,27)/b22-11-/t12-/m1/s1. The normalized spacial score (nSPS) is 15.5. The highest BCUT2D eigenvalue weighted by atomic mass is 32.1. The van der Waals surface area contributed by atoms with Crippen molar-refractivity contribution in [2.75, 3.05) is 11.9 Å². The molecule has 1 aromatic heterocycles. The minimum Gasteiger partial charge on any atom is -0.508 e. The highest BCUT2D eigenvalue weighted by Crippen LogP contribution is 2.40. The molecule has 3 N–H and O–H groups in total. The van der Waals surface area contributed by atoms with Crippen LogP contribution in [0.4, 0.5) is 5.00 Å². The molecule has 158 valence electrons. The molecule has 2 amide bonds. The lowest BCUT2D eigenvalue weighted by Gasteiger charge is -2.18. The third-order valence-electron chi connectivity index (χ3n) is 4.67.